The minimum absolute atomic E-state index is 1.12. The Balaban J connectivity index is 1.91. The maximum atomic E-state index is 2.28. The Hall–Kier alpha value is -2.60. The summed E-state index contributed by atoms with van der Waals surface area (Å²) in [7, 11) is 0. The fourth-order valence-corrected chi connectivity index (χ4v) is 4.04. The van der Waals surface area contributed by atoms with Gasteiger partial charge in [-0.3, -0.25) is 0 Å². The summed E-state index contributed by atoms with van der Waals surface area (Å²) in [5.74, 6) is 0. The highest BCUT2D eigenvalue weighted by Crippen LogP contribution is 2.35. The first-order valence-electron chi connectivity index (χ1n) is 11.3. The van der Waals surface area contributed by atoms with Gasteiger partial charge < -0.3 is 0 Å². The predicted octanol–water partition coefficient (Wildman–Crippen LogP) is 8.79. The molecule has 0 aliphatic heterocycles. The normalized spacial score (nSPS) is 10.7. The second kappa shape index (κ2) is 12.1. The average molecular weight is 383 g/mol. The Labute approximate surface area is 177 Å². The van der Waals surface area contributed by atoms with Gasteiger partial charge >= 0.3 is 0 Å². The van der Waals surface area contributed by atoms with Crippen molar-refractivity contribution in [1.29, 1.82) is 0 Å². The highest BCUT2D eigenvalue weighted by atomic mass is 14.2. The van der Waals surface area contributed by atoms with E-state index in [0.717, 1.165) is 6.42 Å². The van der Waals surface area contributed by atoms with Gasteiger partial charge in [-0.25, -0.2) is 0 Å². The summed E-state index contributed by atoms with van der Waals surface area (Å²) < 4.78 is 0. The maximum absolute atomic E-state index is 2.28. The lowest BCUT2D eigenvalue weighted by atomic mass is 9.87. The summed E-state index contributed by atoms with van der Waals surface area (Å²) in [5.41, 5.74) is 6.81. The van der Waals surface area contributed by atoms with E-state index in [4.69, 9.17) is 0 Å². The topological polar surface area (TPSA) is 0 Å². The lowest BCUT2D eigenvalue weighted by Crippen LogP contribution is -1.96. The minimum Gasteiger partial charge on any atom is -0.0654 e. The molecular formula is C29H34. The van der Waals surface area contributed by atoms with E-state index in [1.54, 1.807) is 0 Å². The largest absolute Gasteiger partial charge is 0.0654 e. The van der Waals surface area contributed by atoms with Gasteiger partial charge in [-0.05, 0) is 40.7 Å². The molecular weight excluding hydrogens is 348 g/mol. The minimum atomic E-state index is 1.12. The number of unbranched alkanes of at least 4 members (excludes halogenated alkanes) is 6. The highest BCUT2D eigenvalue weighted by Gasteiger charge is 2.13. The summed E-state index contributed by atoms with van der Waals surface area (Å²) in [4.78, 5) is 0. The Morgan fingerprint density at radius 1 is 0.483 bits per heavy atom. The smallest absolute Gasteiger partial charge is 0.00734 e. The van der Waals surface area contributed by atoms with E-state index >= 15 is 0 Å². The van der Waals surface area contributed by atoms with Crippen LogP contribution in [0.4, 0.5) is 0 Å². The van der Waals surface area contributed by atoms with Gasteiger partial charge in [0.15, 0.2) is 0 Å². The first-order valence-corrected chi connectivity index (χ1v) is 11.3. The molecule has 0 bridgehead atoms. The van der Waals surface area contributed by atoms with Crippen molar-refractivity contribution in [3.05, 3.63) is 108 Å². The lowest BCUT2D eigenvalue weighted by molar-refractivity contribution is 0.594. The van der Waals surface area contributed by atoms with Crippen molar-refractivity contribution in [3.8, 4) is 0 Å². The Kier molecular flexibility index (Phi) is 8.79. The monoisotopic (exact) mass is 382 g/mol. The van der Waals surface area contributed by atoms with Crippen molar-refractivity contribution < 1.29 is 0 Å². The van der Waals surface area contributed by atoms with Crippen LogP contribution in [0.2, 0.25) is 0 Å². The van der Waals surface area contributed by atoms with Crippen LogP contribution in [0.3, 0.4) is 0 Å². The molecule has 0 heterocycles. The van der Waals surface area contributed by atoms with Gasteiger partial charge in [-0.15, -0.1) is 0 Å². The summed E-state index contributed by atoms with van der Waals surface area (Å²) >= 11 is 0. The molecule has 3 rings (SSSR count). The third-order valence-electron chi connectivity index (χ3n) is 5.58. The van der Waals surface area contributed by atoms with Crippen LogP contribution >= 0.6 is 0 Å². The zero-order valence-corrected chi connectivity index (χ0v) is 17.8. The summed E-state index contributed by atoms with van der Waals surface area (Å²) in [6.07, 6.45) is 10.5. The highest BCUT2D eigenvalue weighted by molar-refractivity contribution is 5.98. The number of hydrogen-bond donors (Lipinski definition) is 0. The molecule has 0 nitrogen and oxygen atoms in total. The predicted molar refractivity (Wildman–Crippen MR) is 128 cm³/mol. The molecule has 0 unspecified atom stereocenters. The molecule has 0 saturated carbocycles. The first kappa shape index (κ1) is 21.1. The van der Waals surface area contributed by atoms with Crippen molar-refractivity contribution in [2.45, 2.75) is 58.3 Å². The molecule has 0 atom stereocenters. The molecule has 0 aliphatic carbocycles. The van der Waals surface area contributed by atoms with Crippen molar-refractivity contribution in [2.75, 3.05) is 0 Å². The van der Waals surface area contributed by atoms with E-state index < -0.39 is 0 Å². The molecule has 0 aliphatic rings. The summed E-state index contributed by atoms with van der Waals surface area (Å²) in [6.45, 7) is 2.28. The van der Waals surface area contributed by atoms with Gasteiger partial charge in [0.25, 0.3) is 0 Å². The van der Waals surface area contributed by atoms with Crippen LogP contribution in [0.1, 0.15) is 75.0 Å². The quantitative estimate of drug-likeness (QED) is 0.229. The zero-order chi connectivity index (χ0) is 20.2. The van der Waals surface area contributed by atoms with Crippen LogP contribution in [-0.2, 0) is 0 Å². The van der Waals surface area contributed by atoms with Crippen molar-refractivity contribution in [1.82, 2.24) is 0 Å². The zero-order valence-electron chi connectivity index (χ0n) is 17.8. The lowest BCUT2D eigenvalue weighted by Gasteiger charge is -2.17. The SMILES string of the molecule is CCCCCCCCCC(=C(c1ccccc1)c1ccccc1)c1ccccc1. The first-order chi connectivity index (χ1) is 14.4. The standard InChI is InChI=1S/C29H34/c1-2-3-4-5-6-7-17-24-28(25-18-11-8-12-19-25)29(26-20-13-9-14-21-26)27-22-15-10-16-23-27/h8-16,18-23H,2-7,17,24H2,1H3. The molecule has 0 spiro atoms. The Morgan fingerprint density at radius 3 is 1.38 bits per heavy atom. The van der Waals surface area contributed by atoms with Crippen molar-refractivity contribution >= 4 is 11.1 Å². The van der Waals surface area contributed by atoms with E-state index in [2.05, 4.69) is 97.9 Å². The average Bonchev–Trinajstić information content (AvgIpc) is 2.79. The van der Waals surface area contributed by atoms with Crippen LogP contribution in [0, 0.1) is 0 Å². The number of allylic oxidation sites excluding steroid dienone is 1. The third kappa shape index (κ3) is 6.46. The van der Waals surface area contributed by atoms with Crippen molar-refractivity contribution in [3.63, 3.8) is 0 Å². The number of rotatable bonds is 11. The van der Waals surface area contributed by atoms with Gasteiger partial charge in [0.05, 0.1) is 0 Å². The van der Waals surface area contributed by atoms with E-state index in [-0.39, 0.29) is 0 Å². The second-order valence-electron chi connectivity index (χ2n) is 7.82. The van der Waals surface area contributed by atoms with Gasteiger partial charge in [-0.1, -0.05) is 136 Å². The second-order valence-corrected chi connectivity index (χ2v) is 7.82. The van der Waals surface area contributed by atoms with E-state index in [1.165, 1.54) is 72.8 Å². The molecule has 3 aromatic rings. The molecule has 150 valence electrons. The van der Waals surface area contributed by atoms with Crippen molar-refractivity contribution in [2.24, 2.45) is 0 Å². The fourth-order valence-electron chi connectivity index (χ4n) is 4.04. The van der Waals surface area contributed by atoms with E-state index in [1.807, 2.05) is 0 Å². The van der Waals surface area contributed by atoms with Crippen LogP contribution < -0.4 is 0 Å². The molecule has 0 fully saturated rings. The molecule has 0 N–H and O–H groups in total. The summed E-state index contributed by atoms with van der Waals surface area (Å²) in [5, 5.41) is 0. The van der Waals surface area contributed by atoms with Crippen LogP contribution in [0.5, 0.6) is 0 Å². The molecule has 3 aromatic carbocycles. The maximum Gasteiger partial charge on any atom is -0.00734 e. The number of benzene rings is 3. The van der Waals surface area contributed by atoms with Gasteiger partial charge in [0.2, 0.25) is 0 Å². The van der Waals surface area contributed by atoms with Gasteiger partial charge in [0.1, 0.15) is 0 Å². The van der Waals surface area contributed by atoms with E-state index in [9.17, 15) is 0 Å². The Bertz CT molecular complexity index is 803. The summed E-state index contributed by atoms with van der Waals surface area (Å²) in [6, 6.07) is 32.7. The van der Waals surface area contributed by atoms with Gasteiger partial charge in [-0.2, -0.15) is 0 Å². The fraction of sp³-hybridized carbons (Fsp3) is 0.310. The molecule has 29 heavy (non-hydrogen) atoms. The Morgan fingerprint density at radius 2 is 0.897 bits per heavy atom. The molecule has 0 saturated heterocycles. The van der Waals surface area contributed by atoms with E-state index in [0.29, 0.717) is 0 Å². The molecule has 0 radical (unpaired) electrons. The molecule has 0 heteroatoms. The third-order valence-corrected chi connectivity index (χ3v) is 5.58. The van der Waals surface area contributed by atoms with Gasteiger partial charge in [0, 0.05) is 0 Å². The van der Waals surface area contributed by atoms with Crippen LogP contribution in [0.25, 0.3) is 11.1 Å². The van der Waals surface area contributed by atoms with Crippen LogP contribution in [0.15, 0.2) is 91.0 Å². The van der Waals surface area contributed by atoms with Crippen LogP contribution in [-0.4, -0.2) is 0 Å². The molecule has 0 aromatic heterocycles. The number of hydrogen-bond acceptors (Lipinski definition) is 0. The molecule has 0 amide bonds.